The Morgan fingerprint density at radius 2 is 0.906 bits per heavy atom. The van der Waals surface area contributed by atoms with E-state index in [4.69, 9.17) is 0 Å². The Morgan fingerprint density at radius 1 is 0.406 bits per heavy atom. The Kier molecular flexibility index (Phi) is 4.71. The minimum atomic E-state index is 1.09. The molecule has 0 bridgehead atoms. The number of anilines is 2. The molecule has 0 atom stereocenters. The van der Waals surface area contributed by atoms with E-state index >= 15 is 0 Å². The summed E-state index contributed by atoms with van der Waals surface area (Å²) in [6, 6.07) is 43.1. The molecule has 6 rings (SSSR count). The van der Waals surface area contributed by atoms with Crippen molar-refractivity contribution in [3.05, 3.63) is 121 Å². The quantitative estimate of drug-likeness (QED) is 0.296. The molecule has 0 saturated heterocycles. The van der Waals surface area contributed by atoms with E-state index in [0.717, 1.165) is 11.4 Å². The van der Waals surface area contributed by atoms with E-state index in [9.17, 15) is 0 Å². The maximum atomic E-state index is 3.58. The van der Waals surface area contributed by atoms with Gasteiger partial charge in [-0.25, -0.2) is 0 Å². The largest absolute Gasteiger partial charge is 0.356 e. The molecule has 6 aromatic rings. The Balaban J connectivity index is 1.34. The summed E-state index contributed by atoms with van der Waals surface area (Å²) in [5, 5.41) is 6.19. The van der Waals surface area contributed by atoms with Crippen LogP contribution < -0.4 is 5.32 Å². The van der Waals surface area contributed by atoms with Crippen LogP contribution in [0.15, 0.2) is 121 Å². The van der Waals surface area contributed by atoms with E-state index in [0.29, 0.717) is 0 Å². The van der Waals surface area contributed by atoms with Crippen LogP contribution in [0.25, 0.3) is 42.4 Å². The molecule has 0 radical (unpaired) electrons. The molecule has 0 unspecified atom stereocenters. The highest BCUT2D eigenvalue weighted by molar-refractivity contribution is 7.25. The molecule has 0 aliphatic heterocycles. The van der Waals surface area contributed by atoms with Gasteiger partial charge in [-0.15, -0.1) is 11.3 Å². The molecule has 152 valence electrons. The highest BCUT2D eigenvalue weighted by Gasteiger charge is 2.08. The van der Waals surface area contributed by atoms with E-state index in [-0.39, 0.29) is 0 Å². The lowest BCUT2D eigenvalue weighted by atomic mass is 10.0. The summed E-state index contributed by atoms with van der Waals surface area (Å²) in [4.78, 5) is 0. The maximum absolute atomic E-state index is 3.58. The van der Waals surface area contributed by atoms with Crippen LogP contribution in [0.3, 0.4) is 0 Å². The van der Waals surface area contributed by atoms with Gasteiger partial charge in [-0.1, -0.05) is 78.9 Å². The van der Waals surface area contributed by atoms with Gasteiger partial charge in [0.1, 0.15) is 0 Å². The zero-order valence-electron chi connectivity index (χ0n) is 17.5. The van der Waals surface area contributed by atoms with Crippen molar-refractivity contribution in [1.82, 2.24) is 0 Å². The smallest absolute Gasteiger partial charge is 0.0391 e. The highest BCUT2D eigenvalue weighted by atomic mass is 32.1. The minimum Gasteiger partial charge on any atom is -0.356 e. The molecule has 0 aliphatic carbocycles. The van der Waals surface area contributed by atoms with Crippen molar-refractivity contribution in [3.63, 3.8) is 0 Å². The summed E-state index contributed by atoms with van der Waals surface area (Å²) in [5.74, 6) is 0. The molecular weight excluding hydrogens is 406 g/mol. The zero-order chi connectivity index (χ0) is 21.3. The van der Waals surface area contributed by atoms with Gasteiger partial charge in [0.15, 0.2) is 0 Å². The molecule has 0 aliphatic rings. The fourth-order valence-electron chi connectivity index (χ4n) is 4.21. The van der Waals surface area contributed by atoms with E-state index < -0.39 is 0 Å². The predicted octanol–water partition coefficient (Wildman–Crippen LogP) is 9.13. The predicted molar refractivity (Wildman–Crippen MR) is 140 cm³/mol. The Bertz CT molecular complexity index is 1510. The van der Waals surface area contributed by atoms with Crippen LogP contribution in [0.4, 0.5) is 11.4 Å². The van der Waals surface area contributed by atoms with Crippen molar-refractivity contribution >= 4 is 42.9 Å². The van der Waals surface area contributed by atoms with Crippen LogP contribution in [-0.4, -0.2) is 0 Å². The van der Waals surface area contributed by atoms with E-state index in [1.807, 2.05) is 17.4 Å². The van der Waals surface area contributed by atoms with Crippen molar-refractivity contribution in [3.8, 4) is 22.3 Å². The third-order valence-electron chi connectivity index (χ3n) is 5.86. The van der Waals surface area contributed by atoms with Crippen molar-refractivity contribution in [2.75, 3.05) is 5.32 Å². The average Bonchev–Trinajstić information content (AvgIpc) is 3.23. The van der Waals surface area contributed by atoms with Gasteiger partial charge in [0.25, 0.3) is 0 Å². The summed E-state index contributed by atoms with van der Waals surface area (Å²) < 4.78 is 2.64. The van der Waals surface area contributed by atoms with E-state index in [1.54, 1.807) is 0 Å². The number of nitrogens with one attached hydrogen (secondary N) is 1. The molecule has 1 aromatic heterocycles. The Labute approximate surface area is 191 Å². The fourth-order valence-corrected chi connectivity index (χ4v) is 5.28. The first kappa shape index (κ1) is 18.9. The van der Waals surface area contributed by atoms with Gasteiger partial charge < -0.3 is 5.32 Å². The second-order valence-electron chi connectivity index (χ2n) is 7.96. The van der Waals surface area contributed by atoms with Gasteiger partial charge in [0.05, 0.1) is 0 Å². The Morgan fingerprint density at radius 3 is 1.59 bits per heavy atom. The van der Waals surface area contributed by atoms with Crippen molar-refractivity contribution < 1.29 is 0 Å². The lowest BCUT2D eigenvalue weighted by Crippen LogP contribution is -1.89. The SMILES string of the molecule is c1ccc(-c2ccc(Nc3ccc4sc5ccc(-c6ccccc6)cc5c4c3)cc2)cc1. The number of rotatable bonds is 4. The topological polar surface area (TPSA) is 12.0 Å². The normalized spacial score (nSPS) is 11.1. The van der Waals surface area contributed by atoms with Gasteiger partial charge >= 0.3 is 0 Å². The third kappa shape index (κ3) is 3.55. The lowest BCUT2D eigenvalue weighted by molar-refractivity contribution is 1.56. The maximum Gasteiger partial charge on any atom is 0.0391 e. The molecule has 1 nitrogen and oxygen atoms in total. The first-order valence-corrected chi connectivity index (χ1v) is 11.6. The number of hydrogen-bond acceptors (Lipinski definition) is 2. The highest BCUT2D eigenvalue weighted by Crippen LogP contribution is 2.38. The molecule has 0 fully saturated rings. The molecule has 5 aromatic carbocycles. The van der Waals surface area contributed by atoms with Crippen LogP contribution in [-0.2, 0) is 0 Å². The van der Waals surface area contributed by atoms with Crippen molar-refractivity contribution in [2.24, 2.45) is 0 Å². The van der Waals surface area contributed by atoms with E-state index in [2.05, 4.69) is 121 Å². The number of thiophene rings is 1. The molecule has 0 spiro atoms. The molecule has 2 heteroatoms. The second kappa shape index (κ2) is 7.99. The lowest BCUT2D eigenvalue weighted by Gasteiger charge is -2.08. The zero-order valence-corrected chi connectivity index (χ0v) is 18.3. The first-order chi connectivity index (χ1) is 15.8. The van der Waals surface area contributed by atoms with Crippen LogP contribution in [0.2, 0.25) is 0 Å². The fraction of sp³-hybridized carbons (Fsp3) is 0. The first-order valence-electron chi connectivity index (χ1n) is 10.8. The molecule has 32 heavy (non-hydrogen) atoms. The standard InChI is InChI=1S/C30H21NS/c1-3-7-21(8-4-1)23-11-14-25(15-12-23)31-26-16-18-30-28(20-26)27-19-24(13-17-29(27)32-30)22-9-5-2-6-10-22/h1-20,31H. The van der Waals surface area contributed by atoms with Gasteiger partial charge in [0, 0.05) is 31.5 Å². The molecular formula is C30H21NS. The van der Waals surface area contributed by atoms with Crippen LogP contribution in [0, 0.1) is 0 Å². The number of fused-ring (bicyclic) bond motifs is 3. The summed E-state index contributed by atoms with van der Waals surface area (Å²) in [5.41, 5.74) is 7.17. The molecule has 1 heterocycles. The average molecular weight is 428 g/mol. The molecule has 0 saturated carbocycles. The van der Waals surface area contributed by atoms with Crippen LogP contribution >= 0.6 is 11.3 Å². The van der Waals surface area contributed by atoms with Crippen molar-refractivity contribution in [2.45, 2.75) is 0 Å². The summed E-state index contributed by atoms with van der Waals surface area (Å²) in [6.07, 6.45) is 0. The molecule has 1 N–H and O–H groups in total. The third-order valence-corrected chi connectivity index (χ3v) is 7.01. The van der Waals surface area contributed by atoms with Crippen LogP contribution in [0.5, 0.6) is 0 Å². The van der Waals surface area contributed by atoms with Crippen LogP contribution in [0.1, 0.15) is 0 Å². The van der Waals surface area contributed by atoms with E-state index in [1.165, 1.54) is 42.4 Å². The van der Waals surface area contributed by atoms with Crippen molar-refractivity contribution in [1.29, 1.82) is 0 Å². The minimum absolute atomic E-state index is 1.09. The monoisotopic (exact) mass is 427 g/mol. The van der Waals surface area contributed by atoms with Gasteiger partial charge in [-0.05, 0) is 64.7 Å². The van der Waals surface area contributed by atoms with Gasteiger partial charge in [-0.2, -0.15) is 0 Å². The number of benzene rings is 5. The number of hydrogen-bond donors (Lipinski definition) is 1. The summed E-state index contributed by atoms with van der Waals surface area (Å²) >= 11 is 1.85. The summed E-state index contributed by atoms with van der Waals surface area (Å²) in [6.45, 7) is 0. The Hall–Kier alpha value is -3.88. The summed E-state index contributed by atoms with van der Waals surface area (Å²) in [7, 11) is 0. The molecule has 0 amide bonds. The van der Waals surface area contributed by atoms with Gasteiger partial charge in [-0.3, -0.25) is 0 Å². The van der Waals surface area contributed by atoms with Gasteiger partial charge in [0.2, 0.25) is 0 Å². The second-order valence-corrected chi connectivity index (χ2v) is 9.04.